The molecule has 0 fully saturated rings. The SMILES string of the molecule is CC(OC(=O)C1=COCCO1)C(=O)Nc1cccc(S(=O)(=O)N(C)C)c1. The third-order valence-corrected chi connectivity index (χ3v) is 5.19. The van der Waals surface area contributed by atoms with Crippen LogP contribution in [-0.2, 0) is 33.8 Å². The third-order valence-electron chi connectivity index (χ3n) is 3.38. The van der Waals surface area contributed by atoms with E-state index in [2.05, 4.69) is 5.32 Å². The summed E-state index contributed by atoms with van der Waals surface area (Å²) < 4.78 is 40.4. The van der Waals surface area contributed by atoms with Gasteiger partial charge in [0.1, 0.15) is 19.5 Å². The number of benzene rings is 1. The molecule has 1 aliphatic rings. The van der Waals surface area contributed by atoms with E-state index in [1.165, 1.54) is 45.3 Å². The van der Waals surface area contributed by atoms with Crippen LogP contribution >= 0.6 is 0 Å². The summed E-state index contributed by atoms with van der Waals surface area (Å²) in [7, 11) is -0.809. The van der Waals surface area contributed by atoms with Gasteiger partial charge in [-0.3, -0.25) is 4.79 Å². The second-order valence-corrected chi connectivity index (χ2v) is 7.71. The fraction of sp³-hybridized carbons (Fsp3) is 0.375. The summed E-state index contributed by atoms with van der Waals surface area (Å²) in [6.45, 7) is 1.94. The lowest BCUT2D eigenvalue weighted by Crippen LogP contribution is -2.31. The lowest BCUT2D eigenvalue weighted by Gasteiger charge is -2.17. The van der Waals surface area contributed by atoms with Crippen LogP contribution in [0.4, 0.5) is 5.69 Å². The number of anilines is 1. The van der Waals surface area contributed by atoms with E-state index in [1.807, 2.05) is 0 Å². The van der Waals surface area contributed by atoms with Gasteiger partial charge >= 0.3 is 5.97 Å². The second kappa shape index (κ2) is 8.19. The number of nitrogens with zero attached hydrogens (tertiary/aromatic N) is 1. The maximum Gasteiger partial charge on any atom is 0.377 e. The monoisotopic (exact) mass is 384 g/mol. The molecule has 1 heterocycles. The van der Waals surface area contributed by atoms with Crippen LogP contribution < -0.4 is 5.32 Å². The molecule has 142 valence electrons. The molecule has 0 saturated carbocycles. The highest BCUT2D eigenvalue weighted by Gasteiger charge is 2.24. The average molecular weight is 384 g/mol. The number of carbonyl (C=O) groups is 2. The number of hydrogen-bond acceptors (Lipinski definition) is 7. The Labute approximate surface area is 151 Å². The summed E-state index contributed by atoms with van der Waals surface area (Å²) in [5.41, 5.74) is 0.261. The first-order valence-electron chi connectivity index (χ1n) is 7.71. The highest BCUT2D eigenvalue weighted by Crippen LogP contribution is 2.18. The average Bonchev–Trinajstić information content (AvgIpc) is 2.62. The molecule has 1 atom stereocenters. The molecule has 0 spiro atoms. The third kappa shape index (κ3) is 4.73. The molecule has 1 N–H and O–H groups in total. The quantitative estimate of drug-likeness (QED) is 0.719. The number of esters is 1. The Morgan fingerprint density at radius 3 is 2.62 bits per heavy atom. The van der Waals surface area contributed by atoms with Crippen molar-refractivity contribution in [2.75, 3.05) is 32.6 Å². The van der Waals surface area contributed by atoms with Crippen LogP contribution in [0.15, 0.2) is 41.2 Å². The summed E-state index contributed by atoms with van der Waals surface area (Å²) in [5, 5.41) is 2.51. The molecule has 1 aromatic rings. The highest BCUT2D eigenvalue weighted by atomic mass is 32.2. The first-order chi connectivity index (χ1) is 12.2. The van der Waals surface area contributed by atoms with Crippen molar-refractivity contribution >= 4 is 27.6 Å². The molecule has 1 amide bonds. The van der Waals surface area contributed by atoms with Gasteiger partial charge in [-0.15, -0.1) is 0 Å². The smallest absolute Gasteiger partial charge is 0.377 e. The van der Waals surface area contributed by atoms with Crippen LogP contribution in [0.25, 0.3) is 0 Å². The Morgan fingerprint density at radius 1 is 1.27 bits per heavy atom. The fourth-order valence-electron chi connectivity index (χ4n) is 1.94. The lowest BCUT2D eigenvalue weighted by molar-refractivity contribution is -0.153. The normalized spacial score (nSPS) is 15.3. The maximum absolute atomic E-state index is 12.2. The van der Waals surface area contributed by atoms with Crippen LogP contribution in [0.3, 0.4) is 0 Å². The Hall–Kier alpha value is -2.59. The van der Waals surface area contributed by atoms with Gasteiger partial charge in [-0.1, -0.05) is 6.07 Å². The van der Waals surface area contributed by atoms with Crippen molar-refractivity contribution < 1.29 is 32.2 Å². The van der Waals surface area contributed by atoms with Crippen molar-refractivity contribution in [2.24, 2.45) is 0 Å². The summed E-state index contributed by atoms with van der Waals surface area (Å²) in [5.74, 6) is -1.55. The van der Waals surface area contributed by atoms with Crippen LogP contribution in [0.2, 0.25) is 0 Å². The van der Waals surface area contributed by atoms with Crippen molar-refractivity contribution in [2.45, 2.75) is 17.9 Å². The molecular formula is C16H20N2O7S. The van der Waals surface area contributed by atoms with Crippen LogP contribution in [0.1, 0.15) is 6.92 Å². The maximum atomic E-state index is 12.2. The van der Waals surface area contributed by atoms with Gasteiger partial charge < -0.3 is 19.5 Å². The van der Waals surface area contributed by atoms with Crippen LogP contribution in [-0.4, -0.2) is 58.0 Å². The number of nitrogens with one attached hydrogen (secondary N) is 1. The molecule has 10 heteroatoms. The van der Waals surface area contributed by atoms with E-state index in [4.69, 9.17) is 14.2 Å². The molecule has 9 nitrogen and oxygen atoms in total. The first-order valence-corrected chi connectivity index (χ1v) is 9.15. The van der Waals surface area contributed by atoms with Gasteiger partial charge in [0, 0.05) is 19.8 Å². The summed E-state index contributed by atoms with van der Waals surface area (Å²) in [6.07, 6.45) is 0.00880. The highest BCUT2D eigenvalue weighted by molar-refractivity contribution is 7.89. The number of carbonyl (C=O) groups excluding carboxylic acids is 2. The van der Waals surface area contributed by atoms with Gasteiger partial charge in [0.05, 0.1) is 4.90 Å². The number of amides is 1. The van der Waals surface area contributed by atoms with E-state index in [0.717, 1.165) is 10.6 Å². The number of rotatable bonds is 6. The molecule has 26 heavy (non-hydrogen) atoms. The van der Waals surface area contributed by atoms with Crippen molar-refractivity contribution in [3.05, 3.63) is 36.3 Å². The van der Waals surface area contributed by atoms with Crippen molar-refractivity contribution in [3.8, 4) is 0 Å². The van der Waals surface area contributed by atoms with Gasteiger partial charge in [0.25, 0.3) is 5.91 Å². The predicted octanol–water partition coefficient (Wildman–Crippen LogP) is 0.695. The van der Waals surface area contributed by atoms with E-state index in [0.29, 0.717) is 6.61 Å². The second-order valence-electron chi connectivity index (χ2n) is 5.55. The minimum absolute atomic E-state index is 0.0304. The Morgan fingerprint density at radius 2 is 2.00 bits per heavy atom. The Balaban J connectivity index is 2.03. The lowest BCUT2D eigenvalue weighted by atomic mass is 10.3. The predicted molar refractivity (Wildman–Crippen MR) is 91.5 cm³/mol. The zero-order valence-corrected chi connectivity index (χ0v) is 15.4. The zero-order valence-electron chi connectivity index (χ0n) is 14.6. The van der Waals surface area contributed by atoms with E-state index < -0.39 is 28.0 Å². The molecule has 0 bridgehead atoms. The van der Waals surface area contributed by atoms with Crippen LogP contribution in [0, 0.1) is 0 Å². The molecule has 1 unspecified atom stereocenters. The minimum Gasteiger partial charge on any atom is -0.493 e. The number of sulfonamides is 1. The van der Waals surface area contributed by atoms with Gasteiger partial charge in [-0.25, -0.2) is 17.5 Å². The fourth-order valence-corrected chi connectivity index (χ4v) is 2.88. The van der Waals surface area contributed by atoms with Crippen LogP contribution in [0.5, 0.6) is 0 Å². The summed E-state index contributed by atoms with van der Waals surface area (Å²) >= 11 is 0. The van der Waals surface area contributed by atoms with E-state index in [-0.39, 0.29) is 22.9 Å². The molecule has 0 radical (unpaired) electrons. The Bertz CT molecular complexity index is 818. The summed E-state index contributed by atoms with van der Waals surface area (Å²) in [6, 6.07) is 5.77. The van der Waals surface area contributed by atoms with E-state index in [1.54, 1.807) is 0 Å². The minimum atomic E-state index is -3.63. The largest absolute Gasteiger partial charge is 0.493 e. The van der Waals surface area contributed by atoms with E-state index in [9.17, 15) is 18.0 Å². The first kappa shape index (κ1) is 19.7. The summed E-state index contributed by atoms with van der Waals surface area (Å²) in [4.78, 5) is 24.1. The topological polar surface area (TPSA) is 111 Å². The zero-order chi connectivity index (χ0) is 19.3. The Kier molecular flexibility index (Phi) is 6.22. The molecule has 0 aromatic heterocycles. The molecule has 2 rings (SSSR count). The van der Waals surface area contributed by atoms with Gasteiger partial charge in [0.2, 0.25) is 15.8 Å². The van der Waals surface area contributed by atoms with Gasteiger partial charge in [-0.05, 0) is 25.1 Å². The molecule has 0 saturated heterocycles. The van der Waals surface area contributed by atoms with Gasteiger partial charge in [0.15, 0.2) is 6.10 Å². The molecule has 0 aliphatic carbocycles. The van der Waals surface area contributed by atoms with Crippen molar-refractivity contribution in [1.29, 1.82) is 0 Å². The van der Waals surface area contributed by atoms with Crippen molar-refractivity contribution in [3.63, 3.8) is 0 Å². The van der Waals surface area contributed by atoms with E-state index >= 15 is 0 Å². The number of hydrogen-bond donors (Lipinski definition) is 1. The molecule has 1 aromatic carbocycles. The number of ether oxygens (including phenoxy) is 3. The van der Waals surface area contributed by atoms with Crippen molar-refractivity contribution in [1.82, 2.24) is 4.31 Å². The van der Waals surface area contributed by atoms with Gasteiger partial charge in [-0.2, -0.15) is 0 Å². The standard InChI is InChI=1S/C16H20N2O7S/c1-11(25-16(20)14-10-23-7-8-24-14)15(19)17-12-5-4-6-13(9-12)26(21,22)18(2)3/h4-6,9-11H,7-8H2,1-3H3,(H,17,19). The molecule has 1 aliphatic heterocycles. The molecular weight excluding hydrogens is 364 g/mol.